The number of carbonyl (C=O) groups excluding carboxylic acids is 4. The first-order valence-electron chi connectivity index (χ1n) is 31.5. The van der Waals surface area contributed by atoms with Gasteiger partial charge in [0.05, 0.1) is 123 Å². The number of para-hydroxylation sites is 2. The summed E-state index contributed by atoms with van der Waals surface area (Å²) in [4.78, 5) is 58.9. The third-order valence-electron chi connectivity index (χ3n) is 19.0. The molecule has 8 rings (SSSR count). The summed E-state index contributed by atoms with van der Waals surface area (Å²) in [6.45, 7) is 29.1. The number of hydrogen-bond donors (Lipinski definition) is 0. The van der Waals surface area contributed by atoms with Gasteiger partial charge in [-0.15, -0.1) is 0 Å². The Morgan fingerprint density at radius 1 is 0.655 bits per heavy atom. The molecule has 0 N–H and O–H groups in total. The van der Waals surface area contributed by atoms with Crippen molar-refractivity contribution in [2.45, 2.75) is 125 Å². The summed E-state index contributed by atoms with van der Waals surface area (Å²) in [5, 5.41) is 0. The first-order valence-corrected chi connectivity index (χ1v) is 31.5. The molecule has 0 bridgehead atoms. The zero-order chi connectivity index (χ0) is 60.2. The van der Waals surface area contributed by atoms with Crippen LogP contribution >= 0.6 is 0 Å². The Balaban J connectivity index is 0.000000244. The van der Waals surface area contributed by atoms with Gasteiger partial charge in [-0.25, -0.2) is 4.98 Å². The van der Waals surface area contributed by atoms with Gasteiger partial charge in [0, 0.05) is 98.1 Å². The van der Waals surface area contributed by atoms with E-state index in [0.717, 1.165) is 141 Å². The number of nitrogens with zero attached hydrogens (tertiary/aromatic N) is 4. The van der Waals surface area contributed by atoms with Crippen LogP contribution in [0, 0.1) is 52.3 Å². The van der Waals surface area contributed by atoms with Crippen LogP contribution in [0.2, 0.25) is 0 Å². The molecule has 478 valence electrons. The standard InChI is InChI=1S/C37H59NO8.C14H20N2O3.C13H27NO5/c1-23(7-10-34(42)44-18-15-38-13-16-43-17-14-38)29-8-9-30-35-31(22-33(37(29,30)6)46-26(4)41)36(5)12-11-27(19-24(2)39)20-28(36)21-32(35)45-25(3)40;1-17-8-9-19-11-10-18-7-6-16-12-15-13-4-2-3-5-14(13)16;1-15-8-9-18-12-13-19-11-10-17-7-4-14-2-5-16-6-3-14/h23,27-33,35H,7-22H2,1-6H3;2-5,12H,6-11H2,1H3;2-13H2,1H3/t23?,27-,28-,29+,30-,31-,32+,33-,35-,36-,37+;;/m0../s1. The van der Waals surface area contributed by atoms with E-state index in [-0.39, 0.29) is 76.3 Å². The molecule has 3 heterocycles. The minimum Gasteiger partial charge on any atom is -0.464 e. The fourth-order valence-corrected chi connectivity index (χ4v) is 14.7. The van der Waals surface area contributed by atoms with Crippen LogP contribution in [-0.4, -0.2) is 221 Å². The highest BCUT2D eigenvalue weighted by Gasteiger charge is 2.67. The average Bonchev–Trinajstić information content (AvgIpc) is 1.35. The molecule has 6 aliphatic rings. The third kappa shape index (κ3) is 21.6. The molecule has 2 saturated heterocycles. The van der Waals surface area contributed by atoms with E-state index in [1.54, 1.807) is 21.1 Å². The van der Waals surface area contributed by atoms with Crippen molar-refractivity contribution in [3.63, 3.8) is 0 Å². The normalized spacial score (nSPS) is 28.1. The zero-order valence-electron chi connectivity index (χ0n) is 52.4. The summed E-state index contributed by atoms with van der Waals surface area (Å²) in [7, 11) is 3.32. The van der Waals surface area contributed by atoms with Gasteiger partial charge in [-0.2, -0.15) is 0 Å². The molecule has 0 spiro atoms. The average molecular weight is 1190 g/mol. The molecular formula is C64H106N4O16. The molecule has 11 atom stereocenters. The van der Waals surface area contributed by atoms with E-state index in [0.29, 0.717) is 104 Å². The topological polar surface area (TPSA) is 203 Å². The van der Waals surface area contributed by atoms with Gasteiger partial charge < -0.3 is 66.2 Å². The summed E-state index contributed by atoms with van der Waals surface area (Å²) in [6.07, 6.45) is 9.87. The van der Waals surface area contributed by atoms with Crippen LogP contribution in [0.25, 0.3) is 11.0 Å². The summed E-state index contributed by atoms with van der Waals surface area (Å²) < 4.78 is 67.7. The van der Waals surface area contributed by atoms with Crippen molar-refractivity contribution < 1.29 is 76.0 Å². The van der Waals surface area contributed by atoms with Gasteiger partial charge in [0.1, 0.15) is 24.6 Å². The second kappa shape index (κ2) is 37.2. The minimum absolute atomic E-state index is 0.0447. The van der Waals surface area contributed by atoms with E-state index < -0.39 is 0 Å². The number of Topliss-reactive ketones (excluding diaryl/α,β-unsaturated/α-hetero) is 1. The van der Waals surface area contributed by atoms with E-state index >= 15 is 0 Å². The minimum atomic E-state index is -0.278. The smallest absolute Gasteiger partial charge is 0.305 e. The van der Waals surface area contributed by atoms with Crippen LogP contribution in [-0.2, 0) is 82.6 Å². The number of esters is 3. The van der Waals surface area contributed by atoms with Crippen molar-refractivity contribution >= 4 is 34.7 Å². The lowest BCUT2D eigenvalue weighted by molar-refractivity contribution is -0.222. The van der Waals surface area contributed by atoms with Crippen molar-refractivity contribution in [2.24, 2.45) is 52.3 Å². The molecule has 1 aromatic carbocycles. The van der Waals surface area contributed by atoms with Crippen LogP contribution in [0.4, 0.5) is 0 Å². The van der Waals surface area contributed by atoms with E-state index in [4.69, 9.17) is 56.8 Å². The fourth-order valence-electron chi connectivity index (χ4n) is 14.7. The summed E-state index contributed by atoms with van der Waals surface area (Å²) in [5.41, 5.74) is 1.93. The number of hydrogen-bond acceptors (Lipinski definition) is 19. The van der Waals surface area contributed by atoms with E-state index in [1.807, 2.05) is 24.5 Å². The lowest BCUT2D eigenvalue weighted by Gasteiger charge is -2.64. The van der Waals surface area contributed by atoms with Crippen molar-refractivity contribution in [1.29, 1.82) is 0 Å². The van der Waals surface area contributed by atoms with Gasteiger partial charge in [0.2, 0.25) is 0 Å². The molecule has 20 heteroatoms. The number of rotatable bonds is 32. The Morgan fingerprint density at radius 3 is 1.80 bits per heavy atom. The molecule has 0 amide bonds. The van der Waals surface area contributed by atoms with E-state index in [2.05, 4.69) is 46.2 Å². The van der Waals surface area contributed by atoms with Gasteiger partial charge in [-0.3, -0.25) is 24.2 Å². The van der Waals surface area contributed by atoms with Crippen molar-refractivity contribution in [2.75, 3.05) is 166 Å². The number of benzene rings is 1. The molecule has 4 saturated carbocycles. The van der Waals surface area contributed by atoms with Crippen molar-refractivity contribution in [3.05, 3.63) is 30.6 Å². The highest BCUT2D eigenvalue weighted by molar-refractivity contribution is 5.76. The quantitative estimate of drug-likeness (QED) is 0.0399. The van der Waals surface area contributed by atoms with Crippen LogP contribution in [0.15, 0.2) is 30.6 Å². The van der Waals surface area contributed by atoms with Gasteiger partial charge in [-0.1, -0.05) is 32.9 Å². The molecule has 2 aromatic rings. The second-order valence-corrected chi connectivity index (χ2v) is 24.4. The summed E-state index contributed by atoms with van der Waals surface area (Å²) >= 11 is 0. The van der Waals surface area contributed by atoms with Gasteiger partial charge in [-0.05, 0) is 111 Å². The Morgan fingerprint density at radius 2 is 1.21 bits per heavy atom. The molecule has 6 fully saturated rings. The molecule has 0 radical (unpaired) electrons. The number of aromatic nitrogens is 2. The lowest BCUT2D eigenvalue weighted by atomic mass is 9.42. The highest BCUT2D eigenvalue weighted by Crippen LogP contribution is 2.69. The molecule has 4 aliphatic carbocycles. The second-order valence-electron chi connectivity index (χ2n) is 24.4. The number of imidazole rings is 1. The zero-order valence-corrected chi connectivity index (χ0v) is 52.4. The predicted octanol–water partition coefficient (Wildman–Crippen LogP) is 7.35. The number of ether oxygens (including phenoxy) is 12. The van der Waals surface area contributed by atoms with Gasteiger partial charge >= 0.3 is 17.9 Å². The molecule has 1 aromatic heterocycles. The first-order chi connectivity index (χ1) is 40.7. The SMILES string of the molecule is CC(=O)C[C@@H]1CC[C@@]2(C)[C@@H](C1)C[C@@H](OC(C)=O)[C@@H]1[C@@H]2C[C@H](OC(C)=O)[C@]2(C)[C@@H](C(C)CCC(=O)OCCN3CCOCC3)CC[C@@H]12.COCCOCCOCCOCCN1CCOCC1.COCCOCCOCCn1cnc2ccccc21. The first kappa shape index (κ1) is 69.4. The van der Waals surface area contributed by atoms with Crippen LogP contribution in [0.5, 0.6) is 0 Å². The Labute approximate surface area is 501 Å². The van der Waals surface area contributed by atoms with E-state index in [9.17, 15) is 19.2 Å². The lowest BCUT2D eigenvalue weighted by Crippen LogP contribution is -2.63. The van der Waals surface area contributed by atoms with Gasteiger partial charge in [0.15, 0.2) is 0 Å². The maximum atomic E-state index is 12.8. The van der Waals surface area contributed by atoms with Gasteiger partial charge in [0.25, 0.3) is 0 Å². The number of carbonyl (C=O) groups is 4. The molecule has 20 nitrogen and oxygen atoms in total. The number of morpholine rings is 2. The third-order valence-corrected chi connectivity index (χ3v) is 19.0. The Kier molecular flexibility index (Phi) is 30.8. The molecule has 84 heavy (non-hydrogen) atoms. The number of fused-ring (bicyclic) bond motifs is 6. The monoisotopic (exact) mass is 1190 g/mol. The summed E-state index contributed by atoms with van der Waals surface area (Å²) in [5.74, 6) is 1.61. The number of methoxy groups -OCH3 is 2. The molecule has 2 aliphatic heterocycles. The number of ketones is 1. The van der Waals surface area contributed by atoms with E-state index in [1.165, 1.54) is 13.8 Å². The maximum Gasteiger partial charge on any atom is 0.305 e. The molecular weight excluding hydrogens is 1080 g/mol. The Hall–Kier alpha value is -3.67. The van der Waals surface area contributed by atoms with Crippen LogP contribution < -0.4 is 0 Å². The van der Waals surface area contributed by atoms with Crippen LogP contribution in [0.1, 0.15) is 106 Å². The van der Waals surface area contributed by atoms with Crippen LogP contribution in [0.3, 0.4) is 0 Å². The highest BCUT2D eigenvalue weighted by atomic mass is 16.6. The summed E-state index contributed by atoms with van der Waals surface area (Å²) in [6, 6.07) is 8.09. The van der Waals surface area contributed by atoms with Crippen molar-refractivity contribution in [3.8, 4) is 0 Å². The van der Waals surface area contributed by atoms with Crippen molar-refractivity contribution in [1.82, 2.24) is 19.4 Å². The fraction of sp³-hybridized carbons (Fsp3) is 0.828. The Bertz CT molecular complexity index is 2210. The largest absolute Gasteiger partial charge is 0.464 e. The predicted molar refractivity (Wildman–Crippen MR) is 317 cm³/mol. The molecule has 1 unspecified atom stereocenters. The maximum absolute atomic E-state index is 12.8.